The van der Waals surface area contributed by atoms with Gasteiger partial charge >= 0.3 is 0 Å². The highest BCUT2D eigenvalue weighted by molar-refractivity contribution is 5.77. The smallest absolute Gasteiger partial charge is 0.245 e. The van der Waals surface area contributed by atoms with Gasteiger partial charge in [0.2, 0.25) is 5.91 Å². The van der Waals surface area contributed by atoms with Crippen molar-refractivity contribution in [2.24, 2.45) is 5.92 Å². The average Bonchev–Trinajstić information content (AvgIpc) is 1.99. The summed E-state index contributed by atoms with van der Waals surface area (Å²) in [7, 11) is 0. The number of amides is 1. The Bertz CT molecular complexity index is 123. The molecule has 1 atom stereocenters. The third-order valence-corrected chi connectivity index (χ3v) is 1.73. The average molecular weight is 159 g/mol. The quantitative estimate of drug-likeness (QED) is 0.628. The van der Waals surface area contributed by atoms with Crippen LogP contribution in [0, 0.1) is 5.92 Å². The summed E-state index contributed by atoms with van der Waals surface area (Å²) in [6, 6.07) is 0.189. The molecular weight excluding hydrogens is 142 g/mol. The highest BCUT2D eigenvalue weighted by Gasteiger charge is 2.12. The maximum atomic E-state index is 10.7. The van der Waals surface area contributed by atoms with Crippen LogP contribution in [0.25, 0.3) is 0 Å². The van der Waals surface area contributed by atoms with Crippen LogP contribution in [0.1, 0.15) is 27.2 Å². The summed E-state index contributed by atoms with van der Waals surface area (Å²) < 4.78 is 0. The van der Waals surface area contributed by atoms with E-state index in [4.69, 9.17) is 5.11 Å². The van der Waals surface area contributed by atoms with Crippen LogP contribution >= 0.6 is 0 Å². The number of carbonyl (C=O) groups is 1. The van der Waals surface area contributed by atoms with E-state index >= 15 is 0 Å². The molecule has 66 valence electrons. The van der Waals surface area contributed by atoms with Crippen LogP contribution in [0.5, 0.6) is 0 Å². The van der Waals surface area contributed by atoms with Gasteiger partial charge in [-0.25, -0.2) is 0 Å². The fraction of sp³-hybridized carbons (Fsp3) is 0.875. The number of rotatable bonds is 4. The number of hydrogen-bond acceptors (Lipinski definition) is 2. The summed E-state index contributed by atoms with van der Waals surface area (Å²) in [6.45, 7) is 5.70. The second kappa shape index (κ2) is 5.13. The standard InChI is InChI=1S/C8H17NO2/c1-4-7(6(2)3)9-8(11)5-10/h6-7,10H,4-5H2,1-3H3,(H,9,11). The maximum Gasteiger partial charge on any atom is 0.245 e. The molecule has 0 aliphatic rings. The van der Waals surface area contributed by atoms with Crippen molar-refractivity contribution in [2.45, 2.75) is 33.2 Å². The first-order valence-electron chi connectivity index (χ1n) is 4.02. The highest BCUT2D eigenvalue weighted by Crippen LogP contribution is 2.04. The van der Waals surface area contributed by atoms with Gasteiger partial charge in [0, 0.05) is 6.04 Å². The van der Waals surface area contributed by atoms with Gasteiger partial charge in [0.05, 0.1) is 0 Å². The Labute approximate surface area is 67.8 Å². The lowest BCUT2D eigenvalue weighted by molar-refractivity contribution is -0.124. The van der Waals surface area contributed by atoms with Gasteiger partial charge < -0.3 is 10.4 Å². The lowest BCUT2D eigenvalue weighted by Gasteiger charge is -2.19. The minimum atomic E-state index is -0.413. The van der Waals surface area contributed by atoms with E-state index in [1.807, 2.05) is 20.8 Å². The Balaban J connectivity index is 3.78. The molecule has 1 amide bonds. The molecule has 0 saturated heterocycles. The van der Waals surface area contributed by atoms with Crippen LogP contribution in [-0.2, 0) is 4.79 Å². The first-order valence-corrected chi connectivity index (χ1v) is 4.02. The second-order valence-corrected chi connectivity index (χ2v) is 2.98. The van der Waals surface area contributed by atoms with Crippen LogP contribution in [-0.4, -0.2) is 23.7 Å². The Kier molecular flexibility index (Phi) is 4.86. The molecule has 1 unspecified atom stereocenters. The van der Waals surface area contributed by atoms with Crippen LogP contribution in [0.4, 0.5) is 0 Å². The molecular formula is C8H17NO2. The monoisotopic (exact) mass is 159 g/mol. The Morgan fingerprint density at radius 1 is 1.55 bits per heavy atom. The van der Waals surface area contributed by atoms with Crippen LogP contribution in [0.15, 0.2) is 0 Å². The summed E-state index contributed by atoms with van der Waals surface area (Å²) in [5, 5.41) is 11.2. The van der Waals surface area contributed by atoms with Crippen molar-refractivity contribution in [1.82, 2.24) is 5.32 Å². The van der Waals surface area contributed by atoms with Gasteiger partial charge in [0.1, 0.15) is 6.61 Å². The van der Waals surface area contributed by atoms with E-state index in [-0.39, 0.29) is 11.9 Å². The zero-order valence-corrected chi connectivity index (χ0v) is 7.42. The zero-order valence-electron chi connectivity index (χ0n) is 7.42. The van der Waals surface area contributed by atoms with Gasteiger partial charge in [-0.05, 0) is 12.3 Å². The van der Waals surface area contributed by atoms with Crippen molar-refractivity contribution in [1.29, 1.82) is 0 Å². The van der Waals surface area contributed by atoms with Gasteiger partial charge in [0.15, 0.2) is 0 Å². The maximum absolute atomic E-state index is 10.7. The van der Waals surface area contributed by atoms with Gasteiger partial charge in [-0.15, -0.1) is 0 Å². The summed E-state index contributed by atoms with van der Waals surface area (Å²) in [5.74, 6) is 0.140. The van der Waals surface area contributed by atoms with Crippen molar-refractivity contribution >= 4 is 5.91 Å². The predicted octanol–water partition coefficient (Wildman–Crippen LogP) is 0.529. The minimum absolute atomic E-state index is 0.189. The van der Waals surface area contributed by atoms with Crippen LogP contribution in [0.2, 0.25) is 0 Å². The van der Waals surface area contributed by atoms with Gasteiger partial charge in [-0.3, -0.25) is 4.79 Å². The molecule has 0 spiro atoms. The minimum Gasteiger partial charge on any atom is -0.387 e. The summed E-state index contributed by atoms with van der Waals surface area (Å²) in [5.41, 5.74) is 0. The molecule has 0 aromatic rings. The zero-order chi connectivity index (χ0) is 8.85. The summed E-state index contributed by atoms with van der Waals surface area (Å²) >= 11 is 0. The largest absolute Gasteiger partial charge is 0.387 e. The first-order chi connectivity index (χ1) is 5.11. The molecule has 0 fully saturated rings. The van der Waals surface area contributed by atoms with Gasteiger partial charge in [0.25, 0.3) is 0 Å². The number of aliphatic hydroxyl groups is 1. The number of nitrogens with one attached hydrogen (secondary N) is 1. The lowest BCUT2D eigenvalue weighted by Crippen LogP contribution is -2.39. The molecule has 0 heterocycles. The highest BCUT2D eigenvalue weighted by atomic mass is 16.3. The van der Waals surface area contributed by atoms with E-state index in [1.54, 1.807) is 0 Å². The first kappa shape index (κ1) is 10.4. The molecule has 0 radical (unpaired) electrons. The van der Waals surface area contributed by atoms with E-state index < -0.39 is 6.61 Å². The lowest BCUT2D eigenvalue weighted by atomic mass is 10.0. The fourth-order valence-electron chi connectivity index (χ4n) is 0.993. The van der Waals surface area contributed by atoms with E-state index in [2.05, 4.69) is 5.32 Å². The normalized spacial score (nSPS) is 13.2. The van der Waals surface area contributed by atoms with Crippen LogP contribution < -0.4 is 5.32 Å². The van der Waals surface area contributed by atoms with Crippen molar-refractivity contribution in [3.63, 3.8) is 0 Å². The Morgan fingerprint density at radius 2 is 2.09 bits per heavy atom. The summed E-state index contributed by atoms with van der Waals surface area (Å²) in [4.78, 5) is 10.7. The molecule has 0 bridgehead atoms. The van der Waals surface area contributed by atoms with Crippen molar-refractivity contribution in [3.8, 4) is 0 Å². The van der Waals surface area contributed by atoms with E-state index in [0.29, 0.717) is 5.92 Å². The summed E-state index contributed by atoms with van der Waals surface area (Å²) in [6.07, 6.45) is 0.906. The molecule has 0 aromatic carbocycles. The van der Waals surface area contributed by atoms with Crippen molar-refractivity contribution < 1.29 is 9.90 Å². The van der Waals surface area contributed by atoms with Crippen molar-refractivity contribution in [3.05, 3.63) is 0 Å². The fourth-order valence-corrected chi connectivity index (χ4v) is 0.993. The van der Waals surface area contributed by atoms with Gasteiger partial charge in [-0.2, -0.15) is 0 Å². The molecule has 0 aromatic heterocycles. The van der Waals surface area contributed by atoms with E-state index in [0.717, 1.165) is 6.42 Å². The Morgan fingerprint density at radius 3 is 2.36 bits per heavy atom. The Hall–Kier alpha value is -0.570. The molecule has 0 saturated carbocycles. The van der Waals surface area contributed by atoms with Crippen molar-refractivity contribution in [2.75, 3.05) is 6.61 Å². The molecule has 2 N–H and O–H groups in total. The van der Waals surface area contributed by atoms with E-state index in [1.165, 1.54) is 0 Å². The topological polar surface area (TPSA) is 49.3 Å². The van der Waals surface area contributed by atoms with Gasteiger partial charge in [-0.1, -0.05) is 20.8 Å². The molecule has 11 heavy (non-hydrogen) atoms. The number of hydrogen-bond donors (Lipinski definition) is 2. The molecule has 0 rings (SSSR count). The predicted molar refractivity (Wildman–Crippen MR) is 44.1 cm³/mol. The molecule has 0 aliphatic carbocycles. The molecule has 3 nitrogen and oxygen atoms in total. The SMILES string of the molecule is CCC(NC(=O)CO)C(C)C. The molecule has 0 aliphatic heterocycles. The number of aliphatic hydroxyl groups excluding tert-OH is 1. The molecule has 3 heteroatoms. The third-order valence-electron chi connectivity index (χ3n) is 1.73. The van der Waals surface area contributed by atoms with E-state index in [9.17, 15) is 4.79 Å². The number of carbonyl (C=O) groups excluding carboxylic acids is 1. The third kappa shape index (κ3) is 3.98. The van der Waals surface area contributed by atoms with Crippen LogP contribution in [0.3, 0.4) is 0 Å². The second-order valence-electron chi connectivity index (χ2n) is 2.98.